The van der Waals surface area contributed by atoms with Gasteiger partial charge in [-0.1, -0.05) is 6.92 Å². The highest BCUT2D eigenvalue weighted by Gasteiger charge is 2.09. The highest BCUT2D eigenvalue weighted by Crippen LogP contribution is 2.17. The number of benzene rings is 1. The Morgan fingerprint density at radius 1 is 1.47 bits per heavy atom. The zero-order valence-electron chi connectivity index (χ0n) is 11.2. The first kappa shape index (κ1) is 13.2. The molecule has 2 N–H and O–H groups in total. The topological polar surface area (TPSA) is 76.3 Å². The van der Waals surface area contributed by atoms with Gasteiger partial charge in [0.1, 0.15) is 0 Å². The lowest BCUT2D eigenvalue weighted by Gasteiger charge is -2.12. The number of oxazole rings is 1. The van der Waals surface area contributed by atoms with Crippen LogP contribution in [0.1, 0.15) is 20.3 Å². The summed E-state index contributed by atoms with van der Waals surface area (Å²) in [5.74, 6) is -0.420. The zero-order chi connectivity index (χ0) is 14.0. The fraction of sp³-hybridized carbons (Fsp3) is 0.385. The van der Waals surface area contributed by atoms with Crippen LogP contribution in [0.2, 0.25) is 0 Å². The summed E-state index contributed by atoms with van der Waals surface area (Å²) < 4.78 is 6.42. The predicted molar refractivity (Wildman–Crippen MR) is 73.4 cm³/mol. The monoisotopic (exact) mass is 263 g/mol. The molecule has 0 saturated carbocycles. The van der Waals surface area contributed by atoms with Gasteiger partial charge in [0.05, 0.1) is 5.52 Å². The molecule has 102 valence electrons. The van der Waals surface area contributed by atoms with Gasteiger partial charge in [-0.15, -0.1) is 0 Å². The molecule has 0 bridgehead atoms. The van der Waals surface area contributed by atoms with Crippen molar-refractivity contribution in [2.75, 3.05) is 5.32 Å². The molecular weight excluding hydrogens is 246 g/mol. The van der Waals surface area contributed by atoms with Crippen molar-refractivity contribution < 1.29 is 9.21 Å². The van der Waals surface area contributed by atoms with E-state index < -0.39 is 5.76 Å². The van der Waals surface area contributed by atoms with Crippen LogP contribution in [-0.2, 0) is 7.05 Å². The number of nitrogens with zero attached hydrogens (tertiary/aromatic N) is 1. The predicted octanol–water partition coefficient (Wildman–Crippen LogP) is 2.05. The molecule has 0 radical (unpaired) electrons. The Morgan fingerprint density at radius 3 is 2.89 bits per heavy atom. The molecular formula is C13H17N3O3. The minimum Gasteiger partial charge on any atom is -0.408 e. The minimum absolute atomic E-state index is 0.113. The van der Waals surface area contributed by atoms with Gasteiger partial charge in [-0.3, -0.25) is 4.57 Å². The second-order valence-corrected chi connectivity index (χ2v) is 4.52. The minimum atomic E-state index is -0.420. The average molecular weight is 263 g/mol. The number of amides is 2. The standard InChI is InChI=1S/C13H17N3O3/c1-4-8(2)14-12(17)15-9-5-6-11-10(7-9)16(3)13(18)19-11/h5-8H,4H2,1-3H3,(H2,14,15,17). The number of aryl methyl sites for hydroxylation is 1. The number of carbonyl (C=O) groups excluding carboxylic acids is 1. The van der Waals surface area contributed by atoms with Crippen molar-refractivity contribution in [2.24, 2.45) is 7.05 Å². The van der Waals surface area contributed by atoms with E-state index in [9.17, 15) is 9.59 Å². The number of hydrogen-bond acceptors (Lipinski definition) is 3. The Hall–Kier alpha value is -2.24. The molecule has 1 heterocycles. The van der Waals surface area contributed by atoms with Crippen LogP contribution in [0.3, 0.4) is 0 Å². The summed E-state index contributed by atoms with van der Waals surface area (Å²) in [6.45, 7) is 3.93. The number of rotatable bonds is 3. The molecule has 1 aromatic heterocycles. The molecule has 0 aliphatic heterocycles. The Morgan fingerprint density at radius 2 is 2.21 bits per heavy atom. The van der Waals surface area contributed by atoms with Gasteiger partial charge in [-0.2, -0.15) is 0 Å². The first-order valence-electron chi connectivity index (χ1n) is 6.18. The first-order chi connectivity index (χ1) is 9.01. The van der Waals surface area contributed by atoms with E-state index in [-0.39, 0.29) is 12.1 Å². The molecule has 6 heteroatoms. The molecule has 6 nitrogen and oxygen atoms in total. The van der Waals surface area contributed by atoms with E-state index in [1.54, 1.807) is 25.2 Å². The molecule has 0 aliphatic carbocycles. The Bertz CT molecular complexity index is 657. The normalized spacial score (nSPS) is 12.4. The van der Waals surface area contributed by atoms with E-state index in [0.29, 0.717) is 16.8 Å². The zero-order valence-corrected chi connectivity index (χ0v) is 11.2. The van der Waals surface area contributed by atoms with Crippen molar-refractivity contribution >= 4 is 22.8 Å². The third-order valence-electron chi connectivity index (χ3n) is 3.04. The Kier molecular flexibility index (Phi) is 3.59. The smallest absolute Gasteiger partial charge is 0.408 e. The van der Waals surface area contributed by atoms with Crippen LogP contribution in [0.5, 0.6) is 0 Å². The van der Waals surface area contributed by atoms with E-state index in [4.69, 9.17) is 4.42 Å². The van der Waals surface area contributed by atoms with Crippen molar-refractivity contribution in [1.29, 1.82) is 0 Å². The van der Waals surface area contributed by atoms with Gasteiger partial charge in [0.15, 0.2) is 5.58 Å². The van der Waals surface area contributed by atoms with Crippen LogP contribution >= 0.6 is 0 Å². The number of nitrogens with one attached hydrogen (secondary N) is 2. The second-order valence-electron chi connectivity index (χ2n) is 4.52. The van der Waals surface area contributed by atoms with Crippen molar-refractivity contribution in [2.45, 2.75) is 26.3 Å². The molecule has 1 aromatic carbocycles. The van der Waals surface area contributed by atoms with Crippen LogP contribution in [0.25, 0.3) is 11.1 Å². The number of urea groups is 1. The maximum Gasteiger partial charge on any atom is 0.419 e. The van der Waals surface area contributed by atoms with E-state index in [2.05, 4.69) is 10.6 Å². The Labute approximate surface area is 110 Å². The van der Waals surface area contributed by atoms with Crippen molar-refractivity contribution in [1.82, 2.24) is 9.88 Å². The lowest BCUT2D eigenvalue weighted by molar-refractivity contribution is 0.249. The summed E-state index contributed by atoms with van der Waals surface area (Å²) in [7, 11) is 1.62. The molecule has 2 rings (SSSR count). The SMILES string of the molecule is CCC(C)NC(=O)Nc1ccc2oc(=O)n(C)c2c1. The van der Waals surface area contributed by atoms with Crippen molar-refractivity contribution in [3.8, 4) is 0 Å². The number of anilines is 1. The van der Waals surface area contributed by atoms with Gasteiger partial charge in [0.25, 0.3) is 0 Å². The molecule has 0 spiro atoms. The lowest BCUT2D eigenvalue weighted by Crippen LogP contribution is -2.35. The lowest BCUT2D eigenvalue weighted by atomic mass is 10.2. The van der Waals surface area contributed by atoms with E-state index >= 15 is 0 Å². The van der Waals surface area contributed by atoms with E-state index in [0.717, 1.165) is 6.42 Å². The first-order valence-corrected chi connectivity index (χ1v) is 6.18. The summed E-state index contributed by atoms with van der Waals surface area (Å²) >= 11 is 0. The van der Waals surface area contributed by atoms with Crippen LogP contribution in [0.4, 0.5) is 10.5 Å². The number of carbonyl (C=O) groups is 1. The summed E-state index contributed by atoms with van der Waals surface area (Å²) in [5, 5.41) is 5.53. The fourth-order valence-corrected chi connectivity index (χ4v) is 1.70. The molecule has 1 unspecified atom stereocenters. The summed E-state index contributed by atoms with van der Waals surface area (Å²) in [6, 6.07) is 4.91. The van der Waals surface area contributed by atoms with E-state index in [1.807, 2.05) is 13.8 Å². The van der Waals surface area contributed by atoms with E-state index in [1.165, 1.54) is 4.57 Å². The Balaban J connectivity index is 2.19. The van der Waals surface area contributed by atoms with Gasteiger partial charge >= 0.3 is 11.8 Å². The van der Waals surface area contributed by atoms with Gasteiger partial charge in [0.2, 0.25) is 0 Å². The number of aromatic nitrogens is 1. The largest absolute Gasteiger partial charge is 0.419 e. The van der Waals surface area contributed by atoms with Crippen molar-refractivity contribution in [3.63, 3.8) is 0 Å². The molecule has 19 heavy (non-hydrogen) atoms. The third-order valence-corrected chi connectivity index (χ3v) is 3.04. The number of fused-ring (bicyclic) bond motifs is 1. The van der Waals surface area contributed by atoms with Crippen LogP contribution < -0.4 is 16.4 Å². The maximum absolute atomic E-state index is 11.7. The summed E-state index contributed by atoms with van der Waals surface area (Å²) in [6.07, 6.45) is 0.864. The van der Waals surface area contributed by atoms with Crippen LogP contribution in [0.15, 0.2) is 27.4 Å². The molecule has 1 atom stereocenters. The summed E-state index contributed by atoms with van der Waals surface area (Å²) in [4.78, 5) is 23.0. The third kappa shape index (κ3) is 2.78. The van der Waals surface area contributed by atoms with Crippen LogP contribution in [-0.4, -0.2) is 16.6 Å². The van der Waals surface area contributed by atoms with Crippen molar-refractivity contribution in [3.05, 3.63) is 28.7 Å². The molecule has 2 amide bonds. The highest BCUT2D eigenvalue weighted by molar-refractivity contribution is 5.91. The van der Waals surface area contributed by atoms with Gasteiger partial charge in [-0.05, 0) is 31.5 Å². The summed E-state index contributed by atoms with van der Waals surface area (Å²) in [5.41, 5.74) is 1.76. The van der Waals surface area contributed by atoms with Gasteiger partial charge < -0.3 is 15.1 Å². The quantitative estimate of drug-likeness (QED) is 0.889. The average Bonchev–Trinajstić information content (AvgIpc) is 2.65. The highest BCUT2D eigenvalue weighted by atomic mass is 16.4. The van der Waals surface area contributed by atoms with Gasteiger partial charge in [-0.25, -0.2) is 9.59 Å². The molecule has 2 aromatic rings. The number of hydrogen-bond donors (Lipinski definition) is 2. The molecule has 0 aliphatic rings. The maximum atomic E-state index is 11.7. The fourth-order valence-electron chi connectivity index (χ4n) is 1.70. The second kappa shape index (κ2) is 5.17. The van der Waals surface area contributed by atoms with Crippen LogP contribution in [0, 0.1) is 0 Å². The molecule has 0 fully saturated rings. The van der Waals surface area contributed by atoms with Gasteiger partial charge in [0, 0.05) is 18.8 Å². The molecule has 0 saturated heterocycles.